The Bertz CT molecular complexity index is 180. The van der Waals surface area contributed by atoms with Crippen molar-refractivity contribution in [2.24, 2.45) is 0 Å². The predicted octanol–water partition coefficient (Wildman–Crippen LogP) is 0.821. The molecule has 0 aromatic carbocycles. The van der Waals surface area contributed by atoms with Crippen LogP contribution >= 0.6 is 0 Å². The largest absolute Gasteiger partial charge is 0.356 e. The molecule has 0 aromatic rings. The zero-order valence-electron chi connectivity index (χ0n) is 8.01. The molecule has 1 atom stereocenters. The Labute approximate surface area is 79.6 Å². The number of carbonyl (C=O) groups is 1. The van der Waals surface area contributed by atoms with Gasteiger partial charge < -0.3 is 10.6 Å². The maximum atomic E-state index is 11.2. The van der Waals surface area contributed by atoms with Crippen molar-refractivity contribution < 1.29 is 4.79 Å². The Morgan fingerprint density at radius 1 is 1.69 bits per heavy atom. The molecule has 0 bridgehead atoms. The average molecular weight is 182 g/mol. The second-order valence-corrected chi connectivity index (χ2v) is 3.42. The quantitative estimate of drug-likeness (QED) is 0.499. The van der Waals surface area contributed by atoms with Crippen molar-refractivity contribution in [1.29, 1.82) is 0 Å². The van der Waals surface area contributed by atoms with Crippen LogP contribution in [0.3, 0.4) is 0 Å². The highest BCUT2D eigenvalue weighted by Gasteiger charge is 2.15. The lowest BCUT2D eigenvalue weighted by atomic mass is 10.1. The Morgan fingerprint density at radius 2 is 2.54 bits per heavy atom. The lowest BCUT2D eigenvalue weighted by Crippen LogP contribution is -2.32. The number of nitrogens with one attached hydrogen (secondary N) is 2. The summed E-state index contributed by atoms with van der Waals surface area (Å²) >= 11 is 0. The molecular formula is C10H18N2O. The van der Waals surface area contributed by atoms with Gasteiger partial charge in [-0.25, -0.2) is 0 Å². The molecule has 1 amide bonds. The molecule has 13 heavy (non-hydrogen) atoms. The maximum absolute atomic E-state index is 11.2. The minimum atomic E-state index is 0.175. The molecule has 0 aliphatic carbocycles. The van der Waals surface area contributed by atoms with Crippen molar-refractivity contribution in [2.45, 2.75) is 31.7 Å². The standard InChI is InChI=1S/C10H18N2O/c1-2-3-6-11-9-5-4-7-12-10(13)8-9/h2,9,11H,1,3-8H2,(H,12,13). The Hall–Kier alpha value is -0.830. The van der Waals surface area contributed by atoms with E-state index < -0.39 is 0 Å². The van der Waals surface area contributed by atoms with E-state index in [1.54, 1.807) is 0 Å². The highest BCUT2D eigenvalue weighted by molar-refractivity contribution is 5.76. The van der Waals surface area contributed by atoms with E-state index in [0.717, 1.165) is 32.4 Å². The normalized spacial score (nSPS) is 23.4. The number of amides is 1. The summed E-state index contributed by atoms with van der Waals surface area (Å²) < 4.78 is 0. The number of rotatable bonds is 4. The van der Waals surface area contributed by atoms with E-state index in [-0.39, 0.29) is 5.91 Å². The minimum Gasteiger partial charge on any atom is -0.356 e. The van der Waals surface area contributed by atoms with Gasteiger partial charge in [0, 0.05) is 19.0 Å². The van der Waals surface area contributed by atoms with Crippen LogP contribution in [0.2, 0.25) is 0 Å². The average Bonchev–Trinajstić information content (AvgIpc) is 2.31. The molecular weight excluding hydrogens is 164 g/mol. The molecule has 1 heterocycles. The molecule has 3 heteroatoms. The SMILES string of the molecule is C=CCCNC1CCCNC(=O)C1. The summed E-state index contributed by atoms with van der Waals surface area (Å²) in [7, 11) is 0. The van der Waals surface area contributed by atoms with Crippen molar-refractivity contribution >= 4 is 5.91 Å². The van der Waals surface area contributed by atoms with Crippen molar-refractivity contribution in [3.8, 4) is 0 Å². The Morgan fingerprint density at radius 3 is 3.31 bits per heavy atom. The summed E-state index contributed by atoms with van der Waals surface area (Å²) in [6.07, 6.45) is 5.66. The van der Waals surface area contributed by atoms with Gasteiger partial charge >= 0.3 is 0 Å². The molecule has 3 nitrogen and oxygen atoms in total. The van der Waals surface area contributed by atoms with E-state index in [9.17, 15) is 4.79 Å². The number of carbonyl (C=O) groups excluding carboxylic acids is 1. The van der Waals surface area contributed by atoms with Crippen LogP contribution in [0.15, 0.2) is 12.7 Å². The predicted molar refractivity (Wildman–Crippen MR) is 53.5 cm³/mol. The first-order valence-electron chi connectivity index (χ1n) is 4.94. The summed E-state index contributed by atoms with van der Waals surface area (Å²) in [5.41, 5.74) is 0. The molecule has 0 aromatic heterocycles. The van der Waals surface area contributed by atoms with Gasteiger partial charge in [0.05, 0.1) is 0 Å². The first-order chi connectivity index (χ1) is 6.33. The number of hydrogen-bond acceptors (Lipinski definition) is 2. The van der Waals surface area contributed by atoms with E-state index >= 15 is 0 Å². The Balaban J connectivity index is 2.22. The molecule has 0 radical (unpaired) electrons. The second-order valence-electron chi connectivity index (χ2n) is 3.42. The minimum absolute atomic E-state index is 0.175. The molecule has 0 spiro atoms. The summed E-state index contributed by atoms with van der Waals surface area (Å²) in [6.45, 7) is 5.42. The van der Waals surface area contributed by atoms with Crippen LogP contribution < -0.4 is 10.6 Å². The smallest absolute Gasteiger partial charge is 0.221 e. The highest BCUT2D eigenvalue weighted by atomic mass is 16.1. The van der Waals surface area contributed by atoms with Crippen LogP contribution in [0, 0.1) is 0 Å². The topological polar surface area (TPSA) is 41.1 Å². The van der Waals surface area contributed by atoms with Gasteiger partial charge in [0.2, 0.25) is 5.91 Å². The fourth-order valence-electron chi connectivity index (χ4n) is 1.54. The summed E-state index contributed by atoms with van der Waals surface area (Å²) in [6, 6.07) is 0.363. The summed E-state index contributed by atoms with van der Waals surface area (Å²) in [5, 5.41) is 6.23. The van der Waals surface area contributed by atoms with Gasteiger partial charge in [-0.1, -0.05) is 6.08 Å². The highest BCUT2D eigenvalue weighted by Crippen LogP contribution is 2.05. The zero-order valence-corrected chi connectivity index (χ0v) is 8.01. The van der Waals surface area contributed by atoms with Crippen molar-refractivity contribution in [3.63, 3.8) is 0 Å². The van der Waals surface area contributed by atoms with Crippen molar-refractivity contribution in [2.75, 3.05) is 13.1 Å². The third-order valence-corrected chi connectivity index (χ3v) is 2.26. The van der Waals surface area contributed by atoms with Gasteiger partial charge in [-0.3, -0.25) is 4.79 Å². The molecule has 0 saturated carbocycles. The van der Waals surface area contributed by atoms with Crippen molar-refractivity contribution in [3.05, 3.63) is 12.7 Å². The van der Waals surface area contributed by atoms with Crippen LogP contribution in [-0.4, -0.2) is 25.0 Å². The van der Waals surface area contributed by atoms with Crippen LogP contribution in [0.5, 0.6) is 0 Å². The van der Waals surface area contributed by atoms with Crippen LogP contribution in [0.4, 0.5) is 0 Å². The fourth-order valence-corrected chi connectivity index (χ4v) is 1.54. The lowest BCUT2D eigenvalue weighted by Gasteiger charge is -2.13. The first kappa shape index (κ1) is 10.3. The Kier molecular flexibility index (Phi) is 4.54. The molecule has 2 N–H and O–H groups in total. The third-order valence-electron chi connectivity index (χ3n) is 2.26. The lowest BCUT2D eigenvalue weighted by molar-refractivity contribution is -0.121. The molecule has 74 valence electrons. The van der Waals surface area contributed by atoms with Gasteiger partial charge in [0.15, 0.2) is 0 Å². The van der Waals surface area contributed by atoms with Crippen LogP contribution in [-0.2, 0) is 4.79 Å². The molecule has 1 aliphatic rings. The van der Waals surface area contributed by atoms with Crippen LogP contribution in [0.1, 0.15) is 25.7 Å². The van der Waals surface area contributed by atoms with E-state index in [4.69, 9.17) is 0 Å². The monoisotopic (exact) mass is 182 g/mol. The van der Waals surface area contributed by atoms with E-state index in [2.05, 4.69) is 17.2 Å². The molecule has 1 fully saturated rings. The van der Waals surface area contributed by atoms with Crippen LogP contribution in [0.25, 0.3) is 0 Å². The van der Waals surface area contributed by atoms with Crippen molar-refractivity contribution in [1.82, 2.24) is 10.6 Å². The van der Waals surface area contributed by atoms with E-state index in [1.165, 1.54) is 0 Å². The molecule has 1 aliphatic heterocycles. The summed E-state index contributed by atoms with van der Waals surface area (Å²) in [5.74, 6) is 0.175. The zero-order chi connectivity index (χ0) is 9.52. The molecule has 1 unspecified atom stereocenters. The van der Waals surface area contributed by atoms with Gasteiger partial charge in [0.1, 0.15) is 0 Å². The third kappa shape index (κ3) is 4.08. The fraction of sp³-hybridized carbons (Fsp3) is 0.700. The van der Waals surface area contributed by atoms with Gasteiger partial charge in [-0.05, 0) is 25.8 Å². The molecule has 1 saturated heterocycles. The van der Waals surface area contributed by atoms with E-state index in [0.29, 0.717) is 12.5 Å². The number of hydrogen-bond donors (Lipinski definition) is 2. The van der Waals surface area contributed by atoms with Gasteiger partial charge in [-0.2, -0.15) is 0 Å². The molecule has 1 rings (SSSR count). The van der Waals surface area contributed by atoms with Gasteiger partial charge in [-0.15, -0.1) is 6.58 Å². The first-order valence-corrected chi connectivity index (χ1v) is 4.94. The van der Waals surface area contributed by atoms with Gasteiger partial charge in [0.25, 0.3) is 0 Å². The van der Waals surface area contributed by atoms with E-state index in [1.807, 2.05) is 6.08 Å². The summed E-state index contributed by atoms with van der Waals surface area (Å²) in [4.78, 5) is 11.2. The second kappa shape index (κ2) is 5.75. The maximum Gasteiger partial charge on any atom is 0.221 e.